The third kappa shape index (κ3) is 3.52. The van der Waals surface area contributed by atoms with Gasteiger partial charge in [-0.3, -0.25) is 9.89 Å². The molecular formula is C19H19F3N6O. The number of H-pyrrole nitrogens is 1. The summed E-state index contributed by atoms with van der Waals surface area (Å²) in [6.07, 6.45) is -2.34. The number of pyridine rings is 1. The predicted molar refractivity (Wildman–Crippen MR) is 98.5 cm³/mol. The molecule has 0 bridgehead atoms. The molecule has 10 heteroatoms. The number of carbonyl (C=O) groups excluding carboxylic acids is 1. The third-order valence-corrected chi connectivity index (χ3v) is 5.65. The number of nitriles is 1. The summed E-state index contributed by atoms with van der Waals surface area (Å²) in [7, 11) is 0. The molecule has 1 atom stereocenters. The zero-order valence-electron chi connectivity index (χ0n) is 15.7. The van der Waals surface area contributed by atoms with E-state index in [4.69, 9.17) is 5.26 Å². The minimum atomic E-state index is -4.50. The maximum absolute atomic E-state index is 13.5. The Morgan fingerprint density at radius 3 is 2.66 bits per heavy atom. The summed E-state index contributed by atoms with van der Waals surface area (Å²) in [5, 5.41) is 18.2. The number of rotatable bonds is 2. The number of fused-ring (bicyclic) bond motifs is 1. The van der Waals surface area contributed by atoms with Crippen molar-refractivity contribution in [2.24, 2.45) is 0 Å². The molecule has 2 aliphatic heterocycles. The van der Waals surface area contributed by atoms with Gasteiger partial charge < -0.3 is 10.2 Å². The Bertz CT molecular complexity index is 985. The minimum Gasteiger partial charge on any atom is -0.357 e. The maximum Gasteiger partial charge on any atom is 0.396 e. The summed E-state index contributed by atoms with van der Waals surface area (Å²) in [6.45, 7) is 3.08. The average Bonchev–Trinajstić information content (AvgIpc) is 3.10. The molecule has 1 saturated heterocycles. The van der Waals surface area contributed by atoms with Crippen molar-refractivity contribution in [3.63, 3.8) is 0 Å². The van der Waals surface area contributed by atoms with E-state index in [2.05, 4.69) is 31.5 Å². The number of aromatic nitrogens is 3. The first kappa shape index (κ1) is 19.2. The van der Waals surface area contributed by atoms with Crippen molar-refractivity contribution in [1.29, 1.82) is 5.26 Å². The Balaban J connectivity index is 1.54. The van der Waals surface area contributed by atoms with E-state index in [1.165, 1.54) is 6.20 Å². The monoisotopic (exact) mass is 404 g/mol. The van der Waals surface area contributed by atoms with E-state index in [0.29, 0.717) is 37.2 Å². The molecule has 152 valence electrons. The number of piperidine rings is 1. The van der Waals surface area contributed by atoms with Gasteiger partial charge in [0, 0.05) is 37.2 Å². The lowest BCUT2D eigenvalue weighted by Crippen LogP contribution is -2.35. The molecule has 0 spiro atoms. The Morgan fingerprint density at radius 2 is 2.03 bits per heavy atom. The first-order valence-electron chi connectivity index (χ1n) is 9.34. The molecule has 0 saturated carbocycles. The molecule has 0 aromatic carbocycles. The minimum absolute atomic E-state index is 0.0605. The van der Waals surface area contributed by atoms with Gasteiger partial charge in [0.1, 0.15) is 17.7 Å². The molecule has 7 nitrogen and oxygen atoms in total. The van der Waals surface area contributed by atoms with Crippen molar-refractivity contribution < 1.29 is 18.0 Å². The zero-order valence-corrected chi connectivity index (χ0v) is 15.7. The maximum atomic E-state index is 13.5. The van der Waals surface area contributed by atoms with Crippen molar-refractivity contribution in [2.45, 2.75) is 44.2 Å². The second-order valence-corrected chi connectivity index (χ2v) is 7.47. The van der Waals surface area contributed by atoms with Crippen molar-refractivity contribution >= 4 is 17.5 Å². The van der Waals surface area contributed by atoms with Crippen molar-refractivity contribution in [2.75, 3.05) is 23.3 Å². The highest BCUT2D eigenvalue weighted by atomic mass is 19.4. The van der Waals surface area contributed by atoms with Gasteiger partial charge >= 0.3 is 6.18 Å². The summed E-state index contributed by atoms with van der Waals surface area (Å²) in [5.41, 5.74) is 1.82. The average molecular weight is 404 g/mol. The third-order valence-electron chi connectivity index (χ3n) is 5.65. The molecule has 4 rings (SSSR count). The van der Waals surface area contributed by atoms with Gasteiger partial charge in [-0.1, -0.05) is 0 Å². The van der Waals surface area contributed by atoms with Crippen LogP contribution in [-0.4, -0.2) is 40.4 Å². The van der Waals surface area contributed by atoms with Crippen LogP contribution in [0.2, 0.25) is 0 Å². The number of halogens is 3. The van der Waals surface area contributed by atoms with Crippen molar-refractivity contribution in [1.82, 2.24) is 15.2 Å². The van der Waals surface area contributed by atoms with Crippen LogP contribution in [0.4, 0.5) is 24.8 Å². The zero-order chi connectivity index (χ0) is 20.8. The van der Waals surface area contributed by atoms with E-state index in [1.807, 2.05) is 13.0 Å². The molecule has 1 unspecified atom stereocenters. The number of hydrogen-bond acceptors (Lipinski definition) is 5. The molecule has 0 aliphatic carbocycles. The molecule has 2 aliphatic rings. The van der Waals surface area contributed by atoms with Gasteiger partial charge in [0.15, 0.2) is 0 Å². The first-order chi connectivity index (χ1) is 13.8. The smallest absolute Gasteiger partial charge is 0.357 e. The number of aryl methyl sites for hydroxylation is 1. The number of aromatic amines is 1. The van der Waals surface area contributed by atoms with Crippen LogP contribution >= 0.6 is 0 Å². The number of amides is 1. The highest BCUT2D eigenvalue weighted by Crippen LogP contribution is 2.46. The number of alkyl halides is 3. The highest BCUT2D eigenvalue weighted by Gasteiger charge is 2.48. The normalized spacial score (nSPS) is 20.2. The van der Waals surface area contributed by atoms with Gasteiger partial charge in [0.05, 0.1) is 17.2 Å². The molecule has 29 heavy (non-hydrogen) atoms. The number of carbonyl (C=O) groups is 1. The van der Waals surface area contributed by atoms with Crippen LogP contribution in [0.1, 0.15) is 53.5 Å². The molecule has 2 aromatic rings. The van der Waals surface area contributed by atoms with E-state index in [0.717, 1.165) is 11.4 Å². The summed E-state index contributed by atoms with van der Waals surface area (Å²) in [5.74, 6) is -1.81. The Hall–Kier alpha value is -3.09. The lowest BCUT2D eigenvalue weighted by atomic mass is 9.84. The van der Waals surface area contributed by atoms with Crippen molar-refractivity contribution in [3.8, 4) is 6.07 Å². The van der Waals surface area contributed by atoms with Gasteiger partial charge in [0.25, 0.3) is 0 Å². The largest absolute Gasteiger partial charge is 0.396 e. The van der Waals surface area contributed by atoms with Crippen LogP contribution in [0, 0.1) is 18.3 Å². The molecule has 2 N–H and O–H groups in total. The van der Waals surface area contributed by atoms with Crippen molar-refractivity contribution in [3.05, 3.63) is 34.6 Å². The number of anilines is 2. The lowest BCUT2D eigenvalue weighted by Gasteiger charge is -2.33. The highest BCUT2D eigenvalue weighted by molar-refractivity contribution is 5.94. The number of nitrogens with one attached hydrogen (secondary N) is 2. The summed E-state index contributed by atoms with van der Waals surface area (Å²) < 4.78 is 40.6. The van der Waals surface area contributed by atoms with Gasteiger partial charge in [-0.25, -0.2) is 4.98 Å². The lowest BCUT2D eigenvalue weighted by molar-refractivity contribution is -0.156. The predicted octanol–water partition coefficient (Wildman–Crippen LogP) is 3.36. The molecular weight excluding hydrogens is 385 g/mol. The first-order valence-corrected chi connectivity index (χ1v) is 9.34. The summed E-state index contributed by atoms with van der Waals surface area (Å²) in [4.78, 5) is 18.0. The van der Waals surface area contributed by atoms with Gasteiger partial charge in [0.2, 0.25) is 5.91 Å². The SMILES string of the molecule is Cc1cc(N2CCC(c3n[nH]c4c3C(C(F)(F)F)CC(=O)N4)CC2)ncc1C#N. The van der Waals surface area contributed by atoms with Gasteiger partial charge in [-0.15, -0.1) is 0 Å². The number of nitrogens with zero attached hydrogens (tertiary/aromatic N) is 4. The summed E-state index contributed by atoms with van der Waals surface area (Å²) >= 11 is 0. The van der Waals surface area contributed by atoms with Crippen LogP contribution in [0.15, 0.2) is 12.3 Å². The van der Waals surface area contributed by atoms with Gasteiger partial charge in [-0.05, 0) is 31.4 Å². The second-order valence-electron chi connectivity index (χ2n) is 7.47. The van der Waals surface area contributed by atoms with Crippen LogP contribution < -0.4 is 10.2 Å². The van der Waals surface area contributed by atoms with Crippen LogP contribution in [0.5, 0.6) is 0 Å². The standard InChI is InChI=1S/C19H19F3N6O/c1-10-6-14(24-9-12(10)8-23)28-4-2-11(3-5-28)17-16-13(19(20,21)22)7-15(29)25-18(16)27-26-17/h6,9,11,13H,2-5,7H2,1H3,(H2,25,26,27,29). The molecule has 4 heterocycles. The van der Waals surface area contributed by atoms with Crippen LogP contribution in [-0.2, 0) is 4.79 Å². The molecule has 2 aromatic heterocycles. The number of hydrogen-bond donors (Lipinski definition) is 2. The fourth-order valence-corrected chi connectivity index (χ4v) is 4.09. The van der Waals surface area contributed by atoms with Crippen LogP contribution in [0.3, 0.4) is 0 Å². The summed E-state index contributed by atoms with van der Waals surface area (Å²) in [6, 6.07) is 3.94. The van der Waals surface area contributed by atoms with E-state index < -0.39 is 24.4 Å². The Kier molecular flexibility index (Phi) is 4.68. The fraction of sp³-hybridized carbons (Fsp3) is 0.474. The Morgan fingerprint density at radius 1 is 1.31 bits per heavy atom. The van der Waals surface area contributed by atoms with E-state index in [-0.39, 0.29) is 17.3 Å². The Labute approximate surface area is 164 Å². The molecule has 1 fully saturated rings. The quantitative estimate of drug-likeness (QED) is 0.800. The molecule has 1 amide bonds. The van der Waals surface area contributed by atoms with E-state index in [1.54, 1.807) is 0 Å². The molecule has 0 radical (unpaired) electrons. The van der Waals surface area contributed by atoms with Crippen LogP contribution in [0.25, 0.3) is 0 Å². The van der Waals surface area contributed by atoms with E-state index >= 15 is 0 Å². The van der Waals surface area contributed by atoms with Gasteiger partial charge in [-0.2, -0.15) is 23.5 Å². The second kappa shape index (κ2) is 7.06. The van der Waals surface area contributed by atoms with E-state index in [9.17, 15) is 18.0 Å². The fourth-order valence-electron chi connectivity index (χ4n) is 4.09. The topological polar surface area (TPSA) is 97.7 Å².